The number of hydrogen-bond acceptors (Lipinski definition) is 5. The van der Waals surface area contributed by atoms with Crippen molar-refractivity contribution in [2.45, 2.75) is 13.0 Å². The topological polar surface area (TPSA) is 70.8 Å². The zero-order chi connectivity index (χ0) is 15.4. The fraction of sp³-hybridized carbons (Fsp3) is 0.533. The third kappa shape index (κ3) is 4.09. The van der Waals surface area contributed by atoms with E-state index < -0.39 is 0 Å². The van der Waals surface area contributed by atoms with Crippen LogP contribution in [0.4, 0.5) is 11.4 Å². The molecule has 3 N–H and O–H groups in total. The van der Waals surface area contributed by atoms with Gasteiger partial charge in [-0.1, -0.05) is 0 Å². The molecule has 2 rings (SSSR count). The number of carbonyl (C=O) groups excluding carboxylic acids is 1. The molecular weight excluding hydrogens is 268 g/mol. The van der Waals surface area contributed by atoms with Crippen LogP contribution in [0, 0.1) is 0 Å². The number of nitrogen functional groups attached to an aromatic ring is 1. The van der Waals surface area contributed by atoms with Crippen LogP contribution in [0.2, 0.25) is 0 Å². The molecule has 116 valence electrons. The third-order valence-corrected chi connectivity index (χ3v) is 3.91. The van der Waals surface area contributed by atoms with E-state index in [4.69, 9.17) is 10.5 Å². The molecule has 1 atom stereocenters. The highest BCUT2D eigenvalue weighted by Gasteiger charge is 2.22. The summed E-state index contributed by atoms with van der Waals surface area (Å²) < 4.78 is 5.23. The fourth-order valence-corrected chi connectivity index (χ4v) is 2.48. The molecule has 1 saturated heterocycles. The number of nitrogens with zero attached hydrogens (tertiary/aromatic N) is 2. The summed E-state index contributed by atoms with van der Waals surface area (Å²) in [5.41, 5.74) is 6.96. The second kappa shape index (κ2) is 6.78. The first kappa shape index (κ1) is 15.6. The van der Waals surface area contributed by atoms with Gasteiger partial charge in [-0.3, -0.25) is 9.69 Å². The summed E-state index contributed by atoms with van der Waals surface area (Å²) >= 11 is 0. The Hall–Kier alpha value is -1.79. The Labute approximate surface area is 125 Å². The number of carbonyl (C=O) groups is 1. The molecule has 6 nitrogen and oxygen atoms in total. The van der Waals surface area contributed by atoms with Crippen LogP contribution in [0.1, 0.15) is 6.92 Å². The average Bonchev–Trinajstić information content (AvgIpc) is 2.43. The Morgan fingerprint density at radius 2 is 2.24 bits per heavy atom. The maximum atomic E-state index is 12.2. The zero-order valence-electron chi connectivity index (χ0n) is 12.9. The highest BCUT2D eigenvalue weighted by molar-refractivity contribution is 5.94. The highest BCUT2D eigenvalue weighted by Crippen LogP contribution is 2.26. The predicted molar refractivity (Wildman–Crippen MR) is 84.6 cm³/mol. The van der Waals surface area contributed by atoms with Gasteiger partial charge in [-0.25, -0.2) is 0 Å². The van der Waals surface area contributed by atoms with Gasteiger partial charge >= 0.3 is 0 Å². The van der Waals surface area contributed by atoms with Crippen molar-refractivity contribution in [1.82, 2.24) is 9.80 Å². The number of hydrogen-bond donors (Lipinski definition) is 2. The second-order valence-electron chi connectivity index (χ2n) is 5.57. The van der Waals surface area contributed by atoms with E-state index >= 15 is 0 Å². The zero-order valence-corrected chi connectivity index (χ0v) is 12.9. The summed E-state index contributed by atoms with van der Waals surface area (Å²) in [5, 5.41) is 2.88. The smallest absolute Gasteiger partial charge is 0.238 e. The lowest BCUT2D eigenvalue weighted by molar-refractivity contribution is -0.117. The van der Waals surface area contributed by atoms with Crippen molar-refractivity contribution in [3.05, 3.63) is 18.2 Å². The van der Waals surface area contributed by atoms with Crippen molar-refractivity contribution < 1.29 is 9.53 Å². The number of likely N-dealkylation sites (N-methyl/N-ethyl adjacent to an activating group) is 1. The first-order valence-corrected chi connectivity index (χ1v) is 7.15. The van der Waals surface area contributed by atoms with Crippen LogP contribution >= 0.6 is 0 Å². The summed E-state index contributed by atoms with van der Waals surface area (Å²) in [7, 11) is 3.68. The van der Waals surface area contributed by atoms with E-state index in [2.05, 4.69) is 29.1 Å². The van der Waals surface area contributed by atoms with Gasteiger partial charge in [-0.2, -0.15) is 0 Å². The van der Waals surface area contributed by atoms with Crippen LogP contribution in [0.3, 0.4) is 0 Å². The van der Waals surface area contributed by atoms with Crippen molar-refractivity contribution in [3.63, 3.8) is 0 Å². The van der Waals surface area contributed by atoms with Crippen molar-refractivity contribution >= 4 is 17.3 Å². The maximum absolute atomic E-state index is 12.2. The summed E-state index contributed by atoms with van der Waals surface area (Å²) in [6.45, 7) is 5.34. The molecule has 0 saturated carbocycles. The molecule has 1 fully saturated rings. The van der Waals surface area contributed by atoms with E-state index in [9.17, 15) is 4.79 Å². The number of piperazine rings is 1. The first-order chi connectivity index (χ1) is 9.99. The Kier molecular flexibility index (Phi) is 5.03. The molecule has 1 aliphatic heterocycles. The van der Waals surface area contributed by atoms with E-state index in [1.165, 1.54) is 0 Å². The van der Waals surface area contributed by atoms with Crippen LogP contribution in [-0.4, -0.2) is 62.1 Å². The number of amides is 1. The molecule has 0 aromatic heterocycles. The van der Waals surface area contributed by atoms with Crippen LogP contribution < -0.4 is 15.8 Å². The quantitative estimate of drug-likeness (QED) is 0.805. The SMILES string of the molecule is COc1ccc(N)cc1NC(=O)CN1CCN(C)C(C)C1. The number of nitrogens with two attached hydrogens (primary N) is 1. The van der Waals surface area contributed by atoms with Crippen molar-refractivity contribution in [3.8, 4) is 5.75 Å². The van der Waals surface area contributed by atoms with E-state index in [0.29, 0.717) is 29.7 Å². The van der Waals surface area contributed by atoms with Gasteiger partial charge in [0, 0.05) is 31.4 Å². The lowest BCUT2D eigenvalue weighted by Gasteiger charge is -2.37. The lowest BCUT2D eigenvalue weighted by atomic mass is 10.2. The molecule has 1 aliphatic rings. The number of rotatable bonds is 4. The number of anilines is 2. The Morgan fingerprint density at radius 1 is 1.48 bits per heavy atom. The van der Waals surface area contributed by atoms with Crippen molar-refractivity contribution in [2.75, 3.05) is 51.4 Å². The molecule has 1 heterocycles. The number of nitrogens with one attached hydrogen (secondary N) is 1. The largest absolute Gasteiger partial charge is 0.495 e. The van der Waals surface area contributed by atoms with Gasteiger partial charge in [0.15, 0.2) is 0 Å². The summed E-state index contributed by atoms with van der Waals surface area (Å²) in [4.78, 5) is 16.7. The fourth-order valence-electron chi connectivity index (χ4n) is 2.48. The normalized spacial score (nSPS) is 20.2. The summed E-state index contributed by atoms with van der Waals surface area (Å²) in [5.74, 6) is 0.569. The molecule has 0 radical (unpaired) electrons. The molecule has 21 heavy (non-hydrogen) atoms. The van der Waals surface area contributed by atoms with Crippen molar-refractivity contribution in [2.24, 2.45) is 0 Å². The van der Waals surface area contributed by atoms with E-state index in [0.717, 1.165) is 19.6 Å². The summed E-state index contributed by atoms with van der Waals surface area (Å²) in [6.07, 6.45) is 0. The molecule has 0 aliphatic carbocycles. The average molecular weight is 292 g/mol. The van der Waals surface area contributed by atoms with Crippen LogP contribution in [0.25, 0.3) is 0 Å². The Morgan fingerprint density at radius 3 is 2.90 bits per heavy atom. The third-order valence-electron chi connectivity index (χ3n) is 3.91. The van der Waals surface area contributed by atoms with Gasteiger partial charge in [0.05, 0.1) is 19.3 Å². The molecule has 6 heteroatoms. The monoisotopic (exact) mass is 292 g/mol. The minimum Gasteiger partial charge on any atom is -0.495 e. The van der Waals surface area contributed by atoms with E-state index in [-0.39, 0.29) is 5.91 Å². The second-order valence-corrected chi connectivity index (χ2v) is 5.57. The molecular formula is C15H24N4O2. The van der Waals surface area contributed by atoms with E-state index in [1.54, 1.807) is 25.3 Å². The minimum atomic E-state index is -0.0457. The van der Waals surface area contributed by atoms with E-state index in [1.807, 2.05) is 0 Å². The predicted octanol–water partition coefficient (Wildman–Crippen LogP) is 0.852. The lowest BCUT2D eigenvalue weighted by Crippen LogP contribution is -2.51. The van der Waals surface area contributed by atoms with Gasteiger partial charge in [0.2, 0.25) is 5.91 Å². The first-order valence-electron chi connectivity index (χ1n) is 7.15. The molecule has 0 bridgehead atoms. The van der Waals surface area contributed by atoms with Crippen LogP contribution in [0.5, 0.6) is 5.75 Å². The van der Waals surface area contributed by atoms with Gasteiger partial charge in [-0.15, -0.1) is 0 Å². The van der Waals surface area contributed by atoms with Crippen LogP contribution in [-0.2, 0) is 4.79 Å². The number of benzene rings is 1. The number of ether oxygens (including phenoxy) is 1. The highest BCUT2D eigenvalue weighted by atomic mass is 16.5. The van der Waals surface area contributed by atoms with Gasteiger partial charge in [0.25, 0.3) is 0 Å². The Bertz CT molecular complexity index is 506. The standard InChI is InChI=1S/C15H24N4O2/c1-11-9-19(7-6-18(11)2)10-15(20)17-13-8-12(16)4-5-14(13)21-3/h4-5,8,11H,6-7,9-10,16H2,1-3H3,(H,17,20). The molecule has 0 spiro atoms. The molecule has 1 unspecified atom stereocenters. The Balaban J connectivity index is 1.94. The maximum Gasteiger partial charge on any atom is 0.238 e. The van der Waals surface area contributed by atoms with Gasteiger partial charge in [-0.05, 0) is 32.2 Å². The molecule has 1 amide bonds. The molecule has 1 aromatic carbocycles. The van der Waals surface area contributed by atoms with Crippen molar-refractivity contribution in [1.29, 1.82) is 0 Å². The molecule has 1 aromatic rings. The van der Waals surface area contributed by atoms with Gasteiger partial charge in [0.1, 0.15) is 5.75 Å². The minimum absolute atomic E-state index is 0.0457. The van der Waals surface area contributed by atoms with Gasteiger partial charge < -0.3 is 20.7 Å². The summed E-state index contributed by atoms with van der Waals surface area (Å²) in [6, 6.07) is 5.68. The number of methoxy groups -OCH3 is 1. The van der Waals surface area contributed by atoms with Crippen LogP contribution in [0.15, 0.2) is 18.2 Å².